The lowest BCUT2D eigenvalue weighted by Crippen LogP contribution is -2.22. The number of carbonyl (C=O) groups is 1. The van der Waals surface area contributed by atoms with Crippen molar-refractivity contribution in [2.24, 2.45) is 0 Å². The molecular weight excluding hydrogens is 312 g/mol. The summed E-state index contributed by atoms with van der Waals surface area (Å²) in [6.07, 6.45) is 5.17. The van der Waals surface area contributed by atoms with Crippen LogP contribution in [0.4, 0.5) is 0 Å². The van der Waals surface area contributed by atoms with Gasteiger partial charge in [0.1, 0.15) is 0 Å². The number of amides is 1. The Bertz CT molecular complexity index is 809. The van der Waals surface area contributed by atoms with E-state index in [1.165, 1.54) is 0 Å². The molecule has 23 heavy (non-hydrogen) atoms. The zero-order valence-corrected chi connectivity index (χ0v) is 13.3. The molecule has 0 aliphatic rings. The van der Waals surface area contributed by atoms with E-state index in [0.29, 0.717) is 17.1 Å². The summed E-state index contributed by atoms with van der Waals surface area (Å²) in [7, 11) is 0. The first-order valence-corrected chi connectivity index (χ1v) is 7.50. The summed E-state index contributed by atoms with van der Waals surface area (Å²) in [6.45, 7) is 2.28. The maximum Gasteiger partial charge on any atom is 0.253 e. The second-order valence-corrected chi connectivity index (χ2v) is 5.58. The summed E-state index contributed by atoms with van der Waals surface area (Å²) in [5, 5.41) is 7.82. The van der Waals surface area contributed by atoms with Gasteiger partial charge < -0.3 is 5.32 Å². The largest absolute Gasteiger partial charge is 0.348 e. The highest BCUT2D eigenvalue weighted by atomic mass is 35.5. The van der Waals surface area contributed by atoms with Crippen molar-refractivity contribution in [3.8, 4) is 5.69 Å². The molecule has 1 N–H and O–H groups in total. The number of aryl methyl sites for hydroxylation is 1. The topological polar surface area (TPSA) is 59.8 Å². The average Bonchev–Trinajstić information content (AvgIpc) is 3.03. The molecular formula is C17H15ClN4O. The smallest absolute Gasteiger partial charge is 0.253 e. The number of benzene rings is 1. The van der Waals surface area contributed by atoms with Crippen LogP contribution >= 0.6 is 11.6 Å². The van der Waals surface area contributed by atoms with E-state index in [9.17, 15) is 4.79 Å². The van der Waals surface area contributed by atoms with E-state index in [1.54, 1.807) is 23.1 Å². The molecule has 0 radical (unpaired) electrons. The van der Waals surface area contributed by atoms with Gasteiger partial charge in [-0.1, -0.05) is 11.6 Å². The van der Waals surface area contributed by atoms with Crippen molar-refractivity contribution in [1.82, 2.24) is 20.1 Å². The number of nitrogens with one attached hydrogen (secondary N) is 1. The van der Waals surface area contributed by atoms with Gasteiger partial charge in [-0.25, -0.2) is 4.68 Å². The summed E-state index contributed by atoms with van der Waals surface area (Å²) in [5.41, 5.74) is 3.24. The number of pyridine rings is 1. The van der Waals surface area contributed by atoms with Gasteiger partial charge in [-0.2, -0.15) is 5.10 Å². The van der Waals surface area contributed by atoms with Crippen LogP contribution in [0.3, 0.4) is 0 Å². The van der Waals surface area contributed by atoms with Crippen LogP contribution in [0.1, 0.15) is 21.6 Å². The summed E-state index contributed by atoms with van der Waals surface area (Å²) < 4.78 is 1.74. The fraction of sp³-hybridized carbons (Fsp3) is 0.118. The number of carbonyl (C=O) groups excluding carboxylic acids is 1. The lowest BCUT2D eigenvalue weighted by molar-refractivity contribution is 0.0950. The van der Waals surface area contributed by atoms with Crippen LogP contribution in [0, 0.1) is 6.92 Å². The molecule has 0 unspecified atom stereocenters. The molecule has 2 aromatic heterocycles. The van der Waals surface area contributed by atoms with Crippen LogP contribution in [0.25, 0.3) is 5.69 Å². The molecule has 0 spiro atoms. The van der Waals surface area contributed by atoms with Crippen molar-refractivity contribution >= 4 is 17.5 Å². The minimum Gasteiger partial charge on any atom is -0.348 e. The molecule has 0 saturated carbocycles. The van der Waals surface area contributed by atoms with E-state index in [2.05, 4.69) is 15.4 Å². The third-order valence-corrected chi connectivity index (χ3v) is 3.61. The van der Waals surface area contributed by atoms with Gasteiger partial charge in [-0.05, 0) is 43.3 Å². The van der Waals surface area contributed by atoms with Gasteiger partial charge in [0, 0.05) is 35.2 Å². The number of hydrogen-bond acceptors (Lipinski definition) is 3. The summed E-state index contributed by atoms with van der Waals surface area (Å²) in [5.74, 6) is -0.156. The molecule has 0 saturated heterocycles. The van der Waals surface area contributed by atoms with Crippen molar-refractivity contribution in [2.45, 2.75) is 13.5 Å². The molecule has 6 heteroatoms. The molecule has 0 aliphatic carbocycles. The molecule has 0 bridgehead atoms. The van der Waals surface area contributed by atoms with Gasteiger partial charge in [0.25, 0.3) is 5.91 Å². The van der Waals surface area contributed by atoms with Crippen molar-refractivity contribution < 1.29 is 4.79 Å². The number of hydrogen-bond donors (Lipinski definition) is 1. The van der Waals surface area contributed by atoms with Crippen molar-refractivity contribution in [2.75, 3.05) is 0 Å². The van der Waals surface area contributed by atoms with Gasteiger partial charge in [-0.3, -0.25) is 9.78 Å². The van der Waals surface area contributed by atoms with E-state index >= 15 is 0 Å². The maximum absolute atomic E-state index is 12.1. The molecule has 0 fully saturated rings. The van der Waals surface area contributed by atoms with Crippen molar-refractivity contribution in [3.63, 3.8) is 0 Å². The Labute approximate surface area is 138 Å². The quantitative estimate of drug-likeness (QED) is 0.801. The van der Waals surface area contributed by atoms with Gasteiger partial charge in [-0.15, -0.1) is 0 Å². The maximum atomic E-state index is 12.1. The minimum atomic E-state index is -0.156. The molecule has 3 aromatic rings. The molecule has 0 atom stereocenters. The lowest BCUT2D eigenvalue weighted by Gasteiger charge is -2.03. The van der Waals surface area contributed by atoms with Gasteiger partial charge in [0.2, 0.25) is 0 Å². The number of aromatic nitrogens is 3. The highest BCUT2D eigenvalue weighted by Gasteiger charge is 2.07. The second kappa shape index (κ2) is 6.62. The Morgan fingerprint density at radius 2 is 1.96 bits per heavy atom. The first-order chi connectivity index (χ1) is 11.1. The van der Waals surface area contributed by atoms with Gasteiger partial charge >= 0.3 is 0 Å². The average molecular weight is 327 g/mol. The predicted octanol–water partition coefficient (Wildman–Crippen LogP) is 3.16. The molecule has 3 rings (SSSR count). The molecule has 0 aliphatic heterocycles. The fourth-order valence-corrected chi connectivity index (χ4v) is 2.20. The van der Waals surface area contributed by atoms with Crippen LogP contribution < -0.4 is 5.32 Å². The van der Waals surface area contributed by atoms with E-state index in [-0.39, 0.29) is 5.91 Å². The Kier molecular flexibility index (Phi) is 4.39. The fourth-order valence-electron chi connectivity index (χ4n) is 2.07. The summed E-state index contributed by atoms with van der Waals surface area (Å²) in [4.78, 5) is 16.2. The SMILES string of the molecule is Cc1ccc(C(=O)NCc2cnn(-c3ccc(Cl)cc3)c2)cn1. The third-order valence-electron chi connectivity index (χ3n) is 3.35. The number of nitrogens with zero attached hydrogens (tertiary/aromatic N) is 3. The van der Waals surface area contributed by atoms with E-state index in [0.717, 1.165) is 16.9 Å². The number of rotatable bonds is 4. The van der Waals surface area contributed by atoms with E-state index in [4.69, 9.17) is 11.6 Å². The van der Waals surface area contributed by atoms with Crippen LogP contribution in [0.2, 0.25) is 5.02 Å². The van der Waals surface area contributed by atoms with E-state index in [1.807, 2.05) is 43.5 Å². The van der Waals surface area contributed by atoms with Gasteiger partial charge in [0.15, 0.2) is 0 Å². The first-order valence-electron chi connectivity index (χ1n) is 7.12. The second-order valence-electron chi connectivity index (χ2n) is 5.14. The summed E-state index contributed by atoms with van der Waals surface area (Å²) in [6, 6.07) is 11.0. The van der Waals surface area contributed by atoms with Crippen molar-refractivity contribution in [3.05, 3.63) is 76.8 Å². The number of halogens is 1. The molecule has 2 heterocycles. The molecule has 1 aromatic carbocycles. The summed E-state index contributed by atoms with van der Waals surface area (Å²) >= 11 is 5.87. The van der Waals surface area contributed by atoms with Gasteiger partial charge in [0.05, 0.1) is 17.4 Å². The van der Waals surface area contributed by atoms with Crippen LogP contribution in [-0.4, -0.2) is 20.7 Å². The highest BCUT2D eigenvalue weighted by Crippen LogP contribution is 2.13. The zero-order valence-electron chi connectivity index (χ0n) is 12.5. The zero-order chi connectivity index (χ0) is 16.2. The Morgan fingerprint density at radius 1 is 1.17 bits per heavy atom. The normalized spacial score (nSPS) is 10.5. The minimum absolute atomic E-state index is 0.156. The standard InChI is InChI=1S/C17H15ClN4O/c1-12-2-3-14(10-19-12)17(23)20-8-13-9-21-22(11-13)16-6-4-15(18)5-7-16/h2-7,9-11H,8H2,1H3,(H,20,23). The first kappa shape index (κ1) is 15.2. The molecule has 1 amide bonds. The van der Waals surface area contributed by atoms with Crippen LogP contribution in [0.5, 0.6) is 0 Å². The Hall–Kier alpha value is -2.66. The predicted molar refractivity (Wildman–Crippen MR) is 88.7 cm³/mol. The Balaban J connectivity index is 1.64. The van der Waals surface area contributed by atoms with Crippen LogP contribution in [-0.2, 0) is 6.54 Å². The molecule has 116 valence electrons. The van der Waals surface area contributed by atoms with Crippen molar-refractivity contribution in [1.29, 1.82) is 0 Å². The highest BCUT2D eigenvalue weighted by molar-refractivity contribution is 6.30. The third kappa shape index (κ3) is 3.76. The van der Waals surface area contributed by atoms with Crippen LogP contribution in [0.15, 0.2) is 55.0 Å². The Morgan fingerprint density at radius 3 is 2.65 bits per heavy atom. The van der Waals surface area contributed by atoms with E-state index < -0.39 is 0 Å². The lowest BCUT2D eigenvalue weighted by atomic mass is 10.2. The molecule has 5 nitrogen and oxygen atoms in total. The monoisotopic (exact) mass is 326 g/mol.